The first-order chi connectivity index (χ1) is 12.7. The Hall–Kier alpha value is -2.60. The fourth-order valence-electron chi connectivity index (χ4n) is 2.87. The molecule has 1 aromatic carbocycles. The highest BCUT2D eigenvalue weighted by Gasteiger charge is 2.11. The number of ether oxygens (including phenoxy) is 3. The van der Waals surface area contributed by atoms with Gasteiger partial charge in [0.25, 0.3) is 5.91 Å². The van der Waals surface area contributed by atoms with Crippen LogP contribution in [0.4, 0.5) is 0 Å². The maximum Gasteiger partial charge on any atom is 0.258 e. The molecule has 2 aromatic rings. The van der Waals surface area contributed by atoms with Gasteiger partial charge < -0.3 is 19.5 Å². The minimum Gasteiger partial charge on any atom is -0.484 e. The summed E-state index contributed by atoms with van der Waals surface area (Å²) in [5.41, 5.74) is 3.63. The lowest BCUT2D eigenvalue weighted by Crippen LogP contribution is -2.28. The smallest absolute Gasteiger partial charge is 0.258 e. The Morgan fingerprint density at radius 3 is 2.81 bits per heavy atom. The molecule has 1 aliphatic carbocycles. The van der Waals surface area contributed by atoms with E-state index >= 15 is 0 Å². The Morgan fingerprint density at radius 2 is 2.00 bits per heavy atom. The maximum absolute atomic E-state index is 12.0. The van der Waals surface area contributed by atoms with Crippen molar-refractivity contribution in [3.63, 3.8) is 0 Å². The summed E-state index contributed by atoms with van der Waals surface area (Å²) in [5, 5.41) is 2.83. The second-order valence-electron chi connectivity index (χ2n) is 6.20. The summed E-state index contributed by atoms with van der Waals surface area (Å²) >= 11 is 0. The van der Waals surface area contributed by atoms with Crippen molar-refractivity contribution < 1.29 is 19.0 Å². The van der Waals surface area contributed by atoms with Gasteiger partial charge in [-0.1, -0.05) is 12.1 Å². The second kappa shape index (κ2) is 9.20. The van der Waals surface area contributed by atoms with Gasteiger partial charge in [0.15, 0.2) is 6.61 Å². The normalized spacial score (nSPS) is 12.5. The van der Waals surface area contributed by atoms with E-state index in [9.17, 15) is 4.79 Å². The molecule has 0 spiro atoms. The Balaban J connectivity index is 1.39. The monoisotopic (exact) mass is 356 g/mol. The summed E-state index contributed by atoms with van der Waals surface area (Å²) in [7, 11) is 1.62. The quantitative estimate of drug-likeness (QED) is 0.698. The Labute approximate surface area is 153 Å². The number of benzene rings is 1. The molecule has 0 saturated carbocycles. The van der Waals surface area contributed by atoms with Crippen molar-refractivity contribution in [3.8, 4) is 11.6 Å². The second-order valence-corrected chi connectivity index (χ2v) is 6.20. The largest absolute Gasteiger partial charge is 0.484 e. The lowest BCUT2D eigenvalue weighted by atomic mass is 10.1. The molecule has 6 nitrogen and oxygen atoms in total. The van der Waals surface area contributed by atoms with Crippen molar-refractivity contribution in [1.82, 2.24) is 10.3 Å². The summed E-state index contributed by atoms with van der Waals surface area (Å²) in [5.74, 6) is 1.13. The molecule has 0 atom stereocenters. The minimum atomic E-state index is -0.161. The topological polar surface area (TPSA) is 69.7 Å². The number of fused-ring (bicyclic) bond motifs is 1. The van der Waals surface area contributed by atoms with E-state index in [0.29, 0.717) is 25.6 Å². The van der Waals surface area contributed by atoms with E-state index in [1.165, 1.54) is 17.5 Å². The number of methoxy groups -OCH3 is 1. The first-order valence-corrected chi connectivity index (χ1v) is 8.82. The van der Waals surface area contributed by atoms with Gasteiger partial charge in [-0.2, -0.15) is 0 Å². The number of pyridine rings is 1. The lowest BCUT2D eigenvalue weighted by Gasteiger charge is -2.09. The summed E-state index contributed by atoms with van der Waals surface area (Å²) in [6, 6.07) is 9.72. The molecule has 0 bridgehead atoms. The lowest BCUT2D eigenvalue weighted by molar-refractivity contribution is -0.123. The molecule has 1 heterocycles. The molecular weight excluding hydrogens is 332 g/mol. The number of nitrogens with zero attached hydrogens (tertiary/aromatic N) is 1. The molecule has 26 heavy (non-hydrogen) atoms. The number of aromatic nitrogens is 1. The summed E-state index contributed by atoms with van der Waals surface area (Å²) < 4.78 is 15.9. The molecule has 138 valence electrons. The van der Waals surface area contributed by atoms with Crippen molar-refractivity contribution in [2.24, 2.45) is 0 Å². The molecular formula is C20H24N2O4. The van der Waals surface area contributed by atoms with E-state index in [0.717, 1.165) is 24.2 Å². The number of amides is 1. The van der Waals surface area contributed by atoms with Gasteiger partial charge in [0.05, 0.1) is 6.61 Å². The van der Waals surface area contributed by atoms with Crippen LogP contribution in [0.1, 0.15) is 23.1 Å². The van der Waals surface area contributed by atoms with E-state index in [-0.39, 0.29) is 12.5 Å². The summed E-state index contributed by atoms with van der Waals surface area (Å²) in [4.78, 5) is 16.2. The summed E-state index contributed by atoms with van der Waals surface area (Å²) in [6.45, 7) is 1.38. The molecule has 0 aliphatic heterocycles. The van der Waals surface area contributed by atoms with Crippen molar-refractivity contribution in [3.05, 3.63) is 53.2 Å². The molecule has 1 aromatic heterocycles. The molecule has 1 aliphatic rings. The Kier molecular flexibility index (Phi) is 6.44. The van der Waals surface area contributed by atoms with E-state index in [1.807, 2.05) is 18.2 Å². The number of nitrogens with one attached hydrogen (secondary N) is 1. The average Bonchev–Trinajstić information content (AvgIpc) is 3.14. The van der Waals surface area contributed by atoms with Crippen LogP contribution >= 0.6 is 0 Å². The predicted octanol–water partition coefficient (Wildman–Crippen LogP) is 2.29. The van der Waals surface area contributed by atoms with Crippen LogP contribution in [0.2, 0.25) is 0 Å². The number of carbonyl (C=O) groups is 1. The van der Waals surface area contributed by atoms with E-state index < -0.39 is 0 Å². The zero-order valence-electron chi connectivity index (χ0n) is 15.0. The predicted molar refractivity (Wildman–Crippen MR) is 97.4 cm³/mol. The van der Waals surface area contributed by atoms with Crippen LogP contribution < -0.4 is 14.8 Å². The first-order valence-electron chi connectivity index (χ1n) is 8.82. The fourth-order valence-corrected chi connectivity index (χ4v) is 2.87. The molecule has 0 fully saturated rings. The summed E-state index contributed by atoms with van der Waals surface area (Å²) in [6.07, 6.45) is 5.12. The molecule has 0 radical (unpaired) electrons. The van der Waals surface area contributed by atoms with Crippen molar-refractivity contribution >= 4 is 5.91 Å². The van der Waals surface area contributed by atoms with Crippen molar-refractivity contribution in [2.75, 3.05) is 26.9 Å². The van der Waals surface area contributed by atoms with Gasteiger partial charge in [-0.3, -0.25) is 4.79 Å². The zero-order chi connectivity index (χ0) is 18.2. The van der Waals surface area contributed by atoms with Crippen LogP contribution in [0.3, 0.4) is 0 Å². The molecule has 1 N–H and O–H groups in total. The van der Waals surface area contributed by atoms with Crippen LogP contribution in [0, 0.1) is 0 Å². The van der Waals surface area contributed by atoms with Gasteiger partial charge >= 0.3 is 0 Å². The van der Waals surface area contributed by atoms with Crippen LogP contribution in [-0.2, 0) is 28.9 Å². The molecule has 6 heteroatoms. The highest BCUT2D eigenvalue weighted by atomic mass is 16.5. The highest BCUT2D eigenvalue weighted by Crippen LogP contribution is 2.25. The fraction of sp³-hybridized carbons (Fsp3) is 0.400. The van der Waals surface area contributed by atoms with Crippen LogP contribution in [0.5, 0.6) is 11.6 Å². The molecule has 0 saturated heterocycles. The van der Waals surface area contributed by atoms with E-state index in [1.54, 1.807) is 19.4 Å². The molecule has 1 amide bonds. The highest BCUT2D eigenvalue weighted by molar-refractivity contribution is 5.77. The molecule has 0 unspecified atom stereocenters. The zero-order valence-corrected chi connectivity index (χ0v) is 15.0. The Morgan fingerprint density at radius 1 is 1.12 bits per heavy atom. The Bertz CT molecular complexity index is 731. The molecule has 3 rings (SSSR count). The van der Waals surface area contributed by atoms with Crippen LogP contribution in [0.25, 0.3) is 0 Å². The van der Waals surface area contributed by atoms with Crippen molar-refractivity contribution in [2.45, 2.75) is 25.8 Å². The van der Waals surface area contributed by atoms with Gasteiger partial charge in [0.1, 0.15) is 12.4 Å². The third-order valence-corrected chi connectivity index (χ3v) is 4.26. The number of carbonyl (C=O) groups excluding carboxylic acids is 1. The van der Waals surface area contributed by atoms with Crippen LogP contribution in [-0.4, -0.2) is 37.8 Å². The average molecular weight is 356 g/mol. The van der Waals surface area contributed by atoms with E-state index in [2.05, 4.69) is 16.4 Å². The van der Waals surface area contributed by atoms with Crippen molar-refractivity contribution in [1.29, 1.82) is 0 Å². The van der Waals surface area contributed by atoms with Gasteiger partial charge in [-0.15, -0.1) is 0 Å². The maximum atomic E-state index is 12.0. The van der Waals surface area contributed by atoms with Gasteiger partial charge in [0, 0.05) is 25.9 Å². The van der Waals surface area contributed by atoms with E-state index in [4.69, 9.17) is 14.2 Å². The minimum absolute atomic E-state index is 0.00439. The third-order valence-electron chi connectivity index (χ3n) is 4.26. The third kappa shape index (κ3) is 5.20. The SMILES string of the molecule is COCCOc1ccc(CNC(=O)COc2ccc3c(c2)CCC3)cn1. The van der Waals surface area contributed by atoms with Gasteiger partial charge in [-0.05, 0) is 48.1 Å². The number of rotatable bonds is 9. The number of aryl methyl sites for hydroxylation is 2. The number of hydrogen-bond donors (Lipinski definition) is 1. The first kappa shape index (κ1) is 18.2. The van der Waals surface area contributed by atoms with Gasteiger partial charge in [-0.25, -0.2) is 4.98 Å². The van der Waals surface area contributed by atoms with Crippen LogP contribution in [0.15, 0.2) is 36.5 Å². The van der Waals surface area contributed by atoms with Gasteiger partial charge in [0.2, 0.25) is 5.88 Å². The number of hydrogen-bond acceptors (Lipinski definition) is 5. The standard InChI is InChI=1S/C20H24N2O4/c1-24-9-10-25-20-8-5-15(13-22-20)12-21-19(23)14-26-18-7-6-16-3-2-4-17(16)11-18/h5-8,11,13H,2-4,9-10,12,14H2,1H3,(H,21,23).